The first-order valence-corrected chi connectivity index (χ1v) is 8.30. The smallest absolute Gasteiger partial charge is 0.246 e. The molecule has 1 aliphatic heterocycles. The van der Waals surface area contributed by atoms with E-state index in [-0.39, 0.29) is 5.91 Å². The molecule has 2 nitrogen and oxygen atoms in total. The van der Waals surface area contributed by atoms with Crippen molar-refractivity contribution in [2.45, 2.75) is 77.6 Å². The molecule has 1 heterocycles. The minimum Gasteiger partial charge on any atom is -0.339 e. The van der Waals surface area contributed by atoms with Gasteiger partial charge in [0, 0.05) is 13.1 Å². The molecule has 0 N–H and O–H groups in total. The van der Waals surface area contributed by atoms with Gasteiger partial charge in [-0.15, -0.1) is 0 Å². The summed E-state index contributed by atoms with van der Waals surface area (Å²) in [4.78, 5) is 13.8. The molecular formula is C17H31NO. The summed E-state index contributed by atoms with van der Waals surface area (Å²) in [5.74, 6) is 0.225. The number of unbranched alkanes of at least 4 members (excludes halogenated alkanes) is 7. The van der Waals surface area contributed by atoms with Crippen LogP contribution in [-0.2, 0) is 4.79 Å². The Balaban J connectivity index is 1.95. The fourth-order valence-corrected chi connectivity index (χ4v) is 2.62. The number of amides is 1. The molecule has 1 rings (SSSR count). The first kappa shape index (κ1) is 16.3. The van der Waals surface area contributed by atoms with Crippen molar-refractivity contribution in [1.29, 1.82) is 0 Å². The van der Waals surface area contributed by atoms with Gasteiger partial charge in [-0.2, -0.15) is 0 Å². The van der Waals surface area contributed by atoms with Crippen LogP contribution in [0, 0.1) is 0 Å². The van der Waals surface area contributed by atoms with Gasteiger partial charge in [-0.3, -0.25) is 4.79 Å². The molecule has 0 bridgehead atoms. The molecule has 19 heavy (non-hydrogen) atoms. The molecule has 1 fully saturated rings. The molecule has 2 heteroatoms. The van der Waals surface area contributed by atoms with Crippen LogP contribution in [0.5, 0.6) is 0 Å². The molecule has 1 amide bonds. The summed E-state index contributed by atoms with van der Waals surface area (Å²) < 4.78 is 0. The maximum absolute atomic E-state index is 11.8. The highest BCUT2D eigenvalue weighted by Crippen LogP contribution is 2.10. The van der Waals surface area contributed by atoms with Crippen LogP contribution < -0.4 is 0 Å². The first-order chi connectivity index (χ1) is 9.34. The highest BCUT2D eigenvalue weighted by atomic mass is 16.2. The third-order valence-electron chi connectivity index (χ3n) is 3.90. The molecule has 0 aliphatic carbocycles. The zero-order chi connectivity index (χ0) is 13.8. The van der Waals surface area contributed by atoms with Crippen LogP contribution in [0.4, 0.5) is 0 Å². The van der Waals surface area contributed by atoms with Gasteiger partial charge in [-0.05, 0) is 38.2 Å². The number of allylic oxidation sites excluding steroid dienone is 1. The van der Waals surface area contributed by atoms with Crippen molar-refractivity contribution in [3.05, 3.63) is 12.2 Å². The van der Waals surface area contributed by atoms with E-state index in [0.717, 1.165) is 19.5 Å². The van der Waals surface area contributed by atoms with Gasteiger partial charge in [0.1, 0.15) is 0 Å². The Bertz CT molecular complexity index is 254. The second kappa shape index (κ2) is 11.1. The lowest BCUT2D eigenvalue weighted by Crippen LogP contribution is -2.34. The van der Waals surface area contributed by atoms with E-state index >= 15 is 0 Å². The Morgan fingerprint density at radius 3 is 2.26 bits per heavy atom. The van der Waals surface area contributed by atoms with E-state index in [1.165, 1.54) is 64.2 Å². The lowest BCUT2D eigenvalue weighted by atomic mass is 10.1. The summed E-state index contributed by atoms with van der Waals surface area (Å²) in [6, 6.07) is 0. The van der Waals surface area contributed by atoms with Crippen LogP contribution in [0.2, 0.25) is 0 Å². The molecular weight excluding hydrogens is 234 g/mol. The molecule has 0 radical (unpaired) electrons. The predicted octanol–water partition coefficient (Wildman–Crippen LogP) is 4.70. The SMILES string of the molecule is CCCCCCCCC/C=C/C(=O)N1CCCCC1. The number of nitrogens with zero attached hydrogens (tertiary/aromatic N) is 1. The Morgan fingerprint density at radius 1 is 0.947 bits per heavy atom. The average molecular weight is 265 g/mol. The maximum atomic E-state index is 11.8. The number of hydrogen-bond acceptors (Lipinski definition) is 1. The second-order valence-corrected chi connectivity index (χ2v) is 5.70. The zero-order valence-electron chi connectivity index (χ0n) is 12.7. The maximum Gasteiger partial charge on any atom is 0.246 e. The van der Waals surface area contributed by atoms with Crippen LogP contribution in [0.15, 0.2) is 12.2 Å². The van der Waals surface area contributed by atoms with E-state index in [0.29, 0.717) is 0 Å². The molecule has 0 aromatic rings. The second-order valence-electron chi connectivity index (χ2n) is 5.70. The molecule has 1 aliphatic rings. The van der Waals surface area contributed by atoms with Gasteiger partial charge >= 0.3 is 0 Å². The van der Waals surface area contributed by atoms with Crippen molar-refractivity contribution >= 4 is 5.91 Å². The fraction of sp³-hybridized carbons (Fsp3) is 0.824. The molecule has 110 valence electrons. The van der Waals surface area contributed by atoms with Crippen LogP contribution in [0.25, 0.3) is 0 Å². The monoisotopic (exact) mass is 265 g/mol. The lowest BCUT2D eigenvalue weighted by molar-refractivity contribution is -0.126. The molecule has 0 aromatic carbocycles. The van der Waals surface area contributed by atoms with Gasteiger partial charge in [-0.25, -0.2) is 0 Å². The fourth-order valence-electron chi connectivity index (χ4n) is 2.62. The van der Waals surface area contributed by atoms with Gasteiger partial charge in [0.05, 0.1) is 0 Å². The summed E-state index contributed by atoms with van der Waals surface area (Å²) in [7, 11) is 0. The summed E-state index contributed by atoms with van der Waals surface area (Å²) in [5, 5.41) is 0. The van der Waals surface area contributed by atoms with Gasteiger partial charge in [0.25, 0.3) is 0 Å². The van der Waals surface area contributed by atoms with Gasteiger partial charge in [0.2, 0.25) is 5.91 Å². The van der Waals surface area contributed by atoms with E-state index < -0.39 is 0 Å². The van der Waals surface area contributed by atoms with Gasteiger partial charge in [0.15, 0.2) is 0 Å². The van der Waals surface area contributed by atoms with Crippen LogP contribution in [-0.4, -0.2) is 23.9 Å². The van der Waals surface area contributed by atoms with E-state index in [9.17, 15) is 4.79 Å². The van der Waals surface area contributed by atoms with E-state index in [1.54, 1.807) is 6.08 Å². The predicted molar refractivity (Wildman–Crippen MR) is 82.2 cm³/mol. The van der Waals surface area contributed by atoms with Crippen molar-refractivity contribution in [2.75, 3.05) is 13.1 Å². The number of hydrogen-bond donors (Lipinski definition) is 0. The zero-order valence-corrected chi connectivity index (χ0v) is 12.7. The Morgan fingerprint density at radius 2 is 1.58 bits per heavy atom. The normalized spacial score (nSPS) is 16.2. The summed E-state index contributed by atoms with van der Waals surface area (Å²) in [5.41, 5.74) is 0. The van der Waals surface area contributed by atoms with Crippen molar-refractivity contribution in [2.24, 2.45) is 0 Å². The minimum atomic E-state index is 0.225. The summed E-state index contributed by atoms with van der Waals surface area (Å²) in [6.45, 7) is 4.17. The standard InChI is InChI=1S/C17H31NO/c1-2-3-4-5-6-7-8-9-11-14-17(19)18-15-12-10-13-16-18/h11,14H,2-10,12-13,15-16H2,1H3/b14-11+. The minimum absolute atomic E-state index is 0.225. The van der Waals surface area contributed by atoms with Crippen molar-refractivity contribution in [1.82, 2.24) is 4.90 Å². The Labute approximate surface area is 119 Å². The number of piperidine rings is 1. The van der Waals surface area contributed by atoms with Crippen LogP contribution >= 0.6 is 0 Å². The van der Waals surface area contributed by atoms with E-state index in [4.69, 9.17) is 0 Å². The van der Waals surface area contributed by atoms with E-state index in [2.05, 4.69) is 13.0 Å². The number of carbonyl (C=O) groups is 1. The quantitative estimate of drug-likeness (QED) is 0.437. The number of likely N-dealkylation sites (tertiary alicyclic amines) is 1. The first-order valence-electron chi connectivity index (χ1n) is 8.30. The average Bonchev–Trinajstić information content (AvgIpc) is 2.46. The molecule has 0 atom stereocenters. The Hall–Kier alpha value is -0.790. The lowest BCUT2D eigenvalue weighted by Gasteiger charge is -2.25. The van der Waals surface area contributed by atoms with Gasteiger partial charge in [-0.1, -0.05) is 51.5 Å². The van der Waals surface area contributed by atoms with E-state index in [1.807, 2.05) is 4.90 Å². The Kier molecular flexibility index (Phi) is 9.48. The van der Waals surface area contributed by atoms with Crippen LogP contribution in [0.1, 0.15) is 77.6 Å². The third kappa shape index (κ3) is 8.07. The highest BCUT2D eigenvalue weighted by Gasteiger charge is 2.13. The third-order valence-corrected chi connectivity index (χ3v) is 3.90. The van der Waals surface area contributed by atoms with Crippen molar-refractivity contribution < 1.29 is 4.79 Å². The highest BCUT2D eigenvalue weighted by molar-refractivity contribution is 5.87. The van der Waals surface area contributed by atoms with Crippen molar-refractivity contribution in [3.63, 3.8) is 0 Å². The largest absolute Gasteiger partial charge is 0.339 e. The number of carbonyl (C=O) groups excluding carboxylic acids is 1. The van der Waals surface area contributed by atoms with Crippen molar-refractivity contribution in [3.8, 4) is 0 Å². The molecule has 0 aromatic heterocycles. The molecule has 0 unspecified atom stereocenters. The molecule has 0 saturated carbocycles. The molecule has 1 saturated heterocycles. The molecule has 0 spiro atoms. The topological polar surface area (TPSA) is 20.3 Å². The summed E-state index contributed by atoms with van der Waals surface area (Å²) in [6.07, 6.45) is 17.9. The number of rotatable bonds is 9. The van der Waals surface area contributed by atoms with Gasteiger partial charge < -0.3 is 4.90 Å². The van der Waals surface area contributed by atoms with Crippen LogP contribution in [0.3, 0.4) is 0 Å². The summed E-state index contributed by atoms with van der Waals surface area (Å²) >= 11 is 0.